The number of fused-ring (bicyclic) bond motifs is 1. The molecule has 0 spiro atoms. The number of hydrogen-bond donors (Lipinski definition) is 3. The fourth-order valence-electron chi connectivity index (χ4n) is 2.28. The van der Waals surface area contributed by atoms with Crippen LogP contribution in [-0.2, 0) is 24.1 Å². The Morgan fingerprint density at radius 3 is 2.75 bits per heavy atom. The largest absolute Gasteiger partial charge is 0.508 e. The molecule has 1 aromatic carbocycles. The van der Waals surface area contributed by atoms with Gasteiger partial charge in [0.25, 0.3) is 0 Å². The Morgan fingerprint density at radius 2 is 2.06 bits per heavy atom. The van der Waals surface area contributed by atoms with Crippen LogP contribution in [0.25, 0.3) is 0 Å². The summed E-state index contributed by atoms with van der Waals surface area (Å²) in [6, 6.07) is 3.48. The van der Waals surface area contributed by atoms with Crippen LogP contribution in [0.2, 0.25) is 0 Å². The van der Waals surface area contributed by atoms with E-state index in [-0.39, 0.29) is 18.2 Å². The fourth-order valence-corrected chi connectivity index (χ4v) is 2.28. The van der Waals surface area contributed by atoms with Crippen molar-refractivity contribution < 1.29 is 15.0 Å². The van der Waals surface area contributed by atoms with Crippen LogP contribution >= 0.6 is 0 Å². The number of nitrogens with two attached hydrogens (primary N) is 1. The third-order valence-corrected chi connectivity index (χ3v) is 3.04. The van der Waals surface area contributed by atoms with Gasteiger partial charge in [-0.1, -0.05) is 6.07 Å². The van der Waals surface area contributed by atoms with E-state index >= 15 is 0 Å². The smallest absolute Gasteiger partial charge is 0.303 e. The molecular formula is C12H15NO3. The normalized spacial score (nSPS) is 18.4. The molecule has 0 aromatic heterocycles. The summed E-state index contributed by atoms with van der Waals surface area (Å²) in [5, 5.41) is 18.3. The summed E-state index contributed by atoms with van der Waals surface area (Å²) in [4.78, 5) is 10.5. The zero-order valence-electron chi connectivity index (χ0n) is 8.94. The van der Waals surface area contributed by atoms with Crippen molar-refractivity contribution in [2.75, 3.05) is 0 Å². The highest BCUT2D eigenvalue weighted by atomic mass is 16.4. The molecule has 2 rings (SSSR count). The monoisotopic (exact) mass is 221 g/mol. The van der Waals surface area contributed by atoms with Gasteiger partial charge in [-0.2, -0.15) is 0 Å². The number of aromatic hydroxyl groups is 1. The molecule has 86 valence electrons. The predicted molar refractivity (Wildman–Crippen MR) is 59.4 cm³/mol. The van der Waals surface area contributed by atoms with E-state index in [4.69, 9.17) is 10.8 Å². The number of aryl methyl sites for hydroxylation is 1. The minimum absolute atomic E-state index is 0.0480. The van der Waals surface area contributed by atoms with E-state index < -0.39 is 5.97 Å². The first-order valence-corrected chi connectivity index (χ1v) is 5.38. The topological polar surface area (TPSA) is 83.5 Å². The molecule has 0 amide bonds. The van der Waals surface area contributed by atoms with Gasteiger partial charge in [0, 0.05) is 12.5 Å². The SMILES string of the molecule is NC1Cc2c(O)ccc(CCC(=O)O)c2C1. The van der Waals surface area contributed by atoms with Crippen molar-refractivity contribution in [1.29, 1.82) is 0 Å². The fraction of sp³-hybridized carbons (Fsp3) is 0.417. The Hall–Kier alpha value is -1.55. The van der Waals surface area contributed by atoms with Crippen LogP contribution < -0.4 is 5.73 Å². The van der Waals surface area contributed by atoms with E-state index in [1.165, 1.54) is 0 Å². The summed E-state index contributed by atoms with van der Waals surface area (Å²) in [5.41, 5.74) is 8.80. The Labute approximate surface area is 93.7 Å². The van der Waals surface area contributed by atoms with Crippen molar-refractivity contribution in [2.24, 2.45) is 5.73 Å². The second kappa shape index (κ2) is 4.14. The molecule has 16 heavy (non-hydrogen) atoms. The quantitative estimate of drug-likeness (QED) is 0.706. The molecule has 0 aliphatic heterocycles. The average molecular weight is 221 g/mol. The summed E-state index contributed by atoms with van der Waals surface area (Å²) < 4.78 is 0. The van der Waals surface area contributed by atoms with Crippen LogP contribution in [0.5, 0.6) is 5.75 Å². The van der Waals surface area contributed by atoms with Crippen LogP contribution in [-0.4, -0.2) is 22.2 Å². The molecular weight excluding hydrogens is 206 g/mol. The molecule has 0 heterocycles. The standard InChI is InChI=1S/C12H15NO3/c13-8-5-9-7(2-4-12(15)16)1-3-11(14)10(9)6-8/h1,3,8,14H,2,4-6,13H2,(H,15,16). The molecule has 4 nitrogen and oxygen atoms in total. The molecule has 1 atom stereocenters. The molecule has 4 N–H and O–H groups in total. The van der Waals surface area contributed by atoms with Gasteiger partial charge in [0.2, 0.25) is 0 Å². The number of rotatable bonds is 3. The first-order chi connectivity index (χ1) is 7.58. The van der Waals surface area contributed by atoms with E-state index in [1.54, 1.807) is 12.1 Å². The summed E-state index contributed by atoms with van der Waals surface area (Å²) in [6.07, 6.45) is 2.04. The molecule has 1 aliphatic carbocycles. The van der Waals surface area contributed by atoms with Crippen molar-refractivity contribution in [2.45, 2.75) is 31.7 Å². The van der Waals surface area contributed by atoms with Crippen molar-refractivity contribution in [3.8, 4) is 5.75 Å². The maximum absolute atomic E-state index is 10.5. The second-order valence-corrected chi connectivity index (χ2v) is 4.26. The molecule has 0 saturated heterocycles. The van der Waals surface area contributed by atoms with Crippen LogP contribution in [0, 0.1) is 0 Å². The molecule has 0 bridgehead atoms. The highest BCUT2D eigenvalue weighted by molar-refractivity contribution is 5.67. The van der Waals surface area contributed by atoms with Crippen LogP contribution in [0.1, 0.15) is 23.1 Å². The number of hydrogen-bond acceptors (Lipinski definition) is 3. The van der Waals surface area contributed by atoms with Gasteiger partial charge in [0.15, 0.2) is 0 Å². The lowest BCUT2D eigenvalue weighted by atomic mass is 9.99. The number of carboxylic acid groups (broad SMARTS) is 1. The Morgan fingerprint density at radius 1 is 1.38 bits per heavy atom. The zero-order valence-corrected chi connectivity index (χ0v) is 8.94. The van der Waals surface area contributed by atoms with E-state index in [1.807, 2.05) is 0 Å². The van der Waals surface area contributed by atoms with Gasteiger partial charge in [-0.25, -0.2) is 0 Å². The first-order valence-electron chi connectivity index (χ1n) is 5.38. The van der Waals surface area contributed by atoms with Crippen molar-refractivity contribution in [1.82, 2.24) is 0 Å². The van der Waals surface area contributed by atoms with E-state index in [9.17, 15) is 9.90 Å². The molecule has 0 radical (unpaired) electrons. The van der Waals surface area contributed by atoms with Gasteiger partial charge in [0.05, 0.1) is 0 Å². The number of carbonyl (C=O) groups is 1. The Balaban J connectivity index is 2.27. The maximum Gasteiger partial charge on any atom is 0.303 e. The number of phenols is 1. The van der Waals surface area contributed by atoms with Gasteiger partial charge in [-0.15, -0.1) is 0 Å². The van der Waals surface area contributed by atoms with Crippen LogP contribution in [0.3, 0.4) is 0 Å². The molecule has 4 heteroatoms. The average Bonchev–Trinajstić information content (AvgIpc) is 2.59. The van der Waals surface area contributed by atoms with Gasteiger partial charge in [-0.05, 0) is 42.0 Å². The van der Waals surface area contributed by atoms with Gasteiger partial charge in [-0.3, -0.25) is 4.79 Å². The Bertz CT molecular complexity index is 429. The second-order valence-electron chi connectivity index (χ2n) is 4.26. The molecule has 0 saturated carbocycles. The van der Waals surface area contributed by atoms with E-state index in [0.29, 0.717) is 12.8 Å². The van der Waals surface area contributed by atoms with E-state index in [0.717, 1.165) is 23.1 Å². The highest BCUT2D eigenvalue weighted by Crippen LogP contribution is 2.32. The lowest BCUT2D eigenvalue weighted by Gasteiger charge is -2.08. The minimum atomic E-state index is -0.802. The van der Waals surface area contributed by atoms with Crippen LogP contribution in [0.15, 0.2) is 12.1 Å². The number of benzene rings is 1. The predicted octanol–water partition coefficient (Wildman–Crippen LogP) is 0.835. The van der Waals surface area contributed by atoms with Gasteiger partial charge >= 0.3 is 5.97 Å². The van der Waals surface area contributed by atoms with Crippen LogP contribution in [0.4, 0.5) is 0 Å². The summed E-state index contributed by atoms with van der Waals surface area (Å²) >= 11 is 0. The highest BCUT2D eigenvalue weighted by Gasteiger charge is 2.23. The lowest BCUT2D eigenvalue weighted by molar-refractivity contribution is -0.136. The number of phenolic OH excluding ortho intramolecular Hbond substituents is 1. The zero-order chi connectivity index (χ0) is 11.7. The molecule has 1 aromatic rings. The van der Waals surface area contributed by atoms with Crippen molar-refractivity contribution in [3.05, 3.63) is 28.8 Å². The minimum Gasteiger partial charge on any atom is -0.508 e. The maximum atomic E-state index is 10.5. The Kier molecular flexibility index (Phi) is 2.83. The number of carboxylic acids is 1. The summed E-state index contributed by atoms with van der Waals surface area (Å²) in [7, 11) is 0. The summed E-state index contributed by atoms with van der Waals surface area (Å²) in [5.74, 6) is -0.522. The molecule has 1 aliphatic rings. The summed E-state index contributed by atoms with van der Waals surface area (Å²) in [6.45, 7) is 0. The van der Waals surface area contributed by atoms with Crippen molar-refractivity contribution in [3.63, 3.8) is 0 Å². The third kappa shape index (κ3) is 2.02. The molecule has 1 unspecified atom stereocenters. The number of aliphatic carboxylic acids is 1. The molecule has 0 fully saturated rings. The van der Waals surface area contributed by atoms with Gasteiger partial charge < -0.3 is 15.9 Å². The third-order valence-electron chi connectivity index (χ3n) is 3.04. The lowest BCUT2D eigenvalue weighted by Crippen LogP contribution is -2.19. The van der Waals surface area contributed by atoms with E-state index in [2.05, 4.69) is 0 Å². The van der Waals surface area contributed by atoms with Gasteiger partial charge in [0.1, 0.15) is 5.75 Å². The van der Waals surface area contributed by atoms with Crippen molar-refractivity contribution >= 4 is 5.97 Å². The first kappa shape index (κ1) is 11.0.